The van der Waals surface area contributed by atoms with Crippen LogP contribution in [0.1, 0.15) is 31.1 Å². The molecule has 0 radical (unpaired) electrons. The summed E-state index contributed by atoms with van der Waals surface area (Å²) in [4.78, 5) is 4.19. The first-order chi connectivity index (χ1) is 14.8. The average Bonchev–Trinajstić information content (AvgIpc) is 3.23. The molecule has 6 nitrogen and oxygen atoms in total. The number of hydrogen-bond donors (Lipinski definition) is 2. The summed E-state index contributed by atoms with van der Waals surface area (Å²) in [6.45, 7) is 2.74. The van der Waals surface area contributed by atoms with Gasteiger partial charge < -0.3 is 15.8 Å². The van der Waals surface area contributed by atoms with Crippen LogP contribution in [0.3, 0.4) is 0 Å². The minimum absolute atomic E-state index is 0.105. The summed E-state index contributed by atoms with van der Waals surface area (Å²) in [7, 11) is 0. The van der Waals surface area contributed by atoms with Crippen molar-refractivity contribution in [1.82, 2.24) is 20.1 Å². The normalized spacial score (nSPS) is 19.9. The van der Waals surface area contributed by atoms with E-state index in [1.165, 1.54) is 12.1 Å². The lowest BCUT2D eigenvalue weighted by Gasteiger charge is -2.26. The molecule has 0 aliphatic carbocycles. The Balaban J connectivity index is 1.59. The van der Waals surface area contributed by atoms with Crippen LogP contribution in [0.25, 0.3) is 11.1 Å². The molecule has 31 heavy (non-hydrogen) atoms. The van der Waals surface area contributed by atoms with E-state index in [1.54, 1.807) is 36.3 Å². The van der Waals surface area contributed by atoms with Crippen LogP contribution < -0.4 is 15.8 Å². The highest BCUT2D eigenvalue weighted by Gasteiger charge is 2.27. The second-order valence-corrected chi connectivity index (χ2v) is 8.19. The number of nitrogens with zero attached hydrogens (tertiary/aromatic N) is 3. The molecule has 10 heteroatoms. The van der Waals surface area contributed by atoms with E-state index in [-0.39, 0.29) is 21.9 Å². The number of ether oxygens (including phenoxy) is 1. The zero-order valence-corrected chi connectivity index (χ0v) is 18.2. The number of nitrogen functional groups attached to an aromatic ring is 1. The van der Waals surface area contributed by atoms with E-state index in [0.29, 0.717) is 29.8 Å². The van der Waals surface area contributed by atoms with Crippen molar-refractivity contribution >= 4 is 29.0 Å². The summed E-state index contributed by atoms with van der Waals surface area (Å²) in [5.74, 6) is -0.138. The fourth-order valence-corrected chi connectivity index (χ4v) is 4.32. The first-order valence-electron chi connectivity index (χ1n) is 9.80. The number of nitrogens with one attached hydrogen (secondary N) is 1. The molecule has 4 rings (SSSR count). The number of alkyl halides is 1. The number of halogens is 4. The minimum Gasteiger partial charge on any atom is -0.482 e. The van der Waals surface area contributed by atoms with Crippen molar-refractivity contribution in [3.8, 4) is 16.9 Å². The van der Waals surface area contributed by atoms with Gasteiger partial charge in [0, 0.05) is 40.7 Å². The lowest BCUT2D eigenvalue weighted by Crippen LogP contribution is -2.39. The molecule has 0 bridgehead atoms. The maximum Gasteiger partial charge on any atom is 0.166 e. The number of aromatic nitrogens is 3. The third kappa shape index (κ3) is 4.46. The summed E-state index contributed by atoms with van der Waals surface area (Å²) >= 11 is 12.3. The average molecular weight is 468 g/mol. The third-order valence-electron chi connectivity index (χ3n) is 5.32. The minimum atomic E-state index is -1.01. The van der Waals surface area contributed by atoms with Crippen molar-refractivity contribution in [3.05, 3.63) is 58.2 Å². The Kier molecular flexibility index (Phi) is 6.31. The topological polar surface area (TPSA) is 78.0 Å². The largest absolute Gasteiger partial charge is 0.482 e. The fraction of sp³-hybridized carbons (Fsp3) is 0.333. The molecule has 0 spiro atoms. The number of rotatable bonds is 5. The van der Waals surface area contributed by atoms with E-state index in [1.807, 2.05) is 0 Å². The van der Waals surface area contributed by atoms with Gasteiger partial charge in [0.2, 0.25) is 0 Å². The smallest absolute Gasteiger partial charge is 0.166 e. The van der Waals surface area contributed by atoms with Gasteiger partial charge in [-0.05, 0) is 38.1 Å². The highest BCUT2D eigenvalue weighted by atomic mass is 35.5. The predicted molar refractivity (Wildman–Crippen MR) is 117 cm³/mol. The maximum atomic E-state index is 14.2. The van der Waals surface area contributed by atoms with Crippen LogP contribution in [0.4, 0.5) is 14.6 Å². The molecule has 1 aliphatic rings. The van der Waals surface area contributed by atoms with Crippen LogP contribution >= 0.6 is 23.2 Å². The molecule has 1 aliphatic heterocycles. The van der Waals surface area contributed by atoms with Gasteiger partial charge in [0.15, 0.2) is 11.6 Å². The second-order valence-electron chi connectivity index (χ2n) is 7.41. The first kappa shape index (κ1) is 21.8. The number of piperidine rings is 1. The van der Waals surface area contributed by atoms with Crippen molar-refractivity contribution < 1.29 is 13.5 Å². The van der Waals surface area contributed by atoms with E-state index < -0.39 is 18.1 Å². The number of nitrogens with two attached hydrogens (primary N) is 1. The molecule has 1 aromatic carbocycles. The van der Waals surface area contributed by atoms with Crippen LogP contribution in [-0.2, 0) is 0 Å². The molecule has 1 fully saturated rings. The molecule has 3 N–H and O–H groups in total. The molecule has 3 atom stereocenters. The molecule has 3 aromatic rings. The zero-order chi connectivity index (χ0) is 22.1. The molecule has 1 saturated heterocycles. The molecule has 0 saturated carbocycles. The molecular formula is C21H21Cl2F2N5O. The van der Waals surface area contributed by atoms with Crippen molar-refractivity contribution in [1.29, 1.82) is 0 Å². The van der Waals surface area contributed by atoms with Crippen molar-refractivity contribution in [2.75, 3.05) is 18.8 Å². The van der Waals surface area contributed by atoms with E-state index in [9.17, 15) is 8.78 Å². The summed E-state index contributed by atoms with van der Waals surface area (Å²) in [6, 6.07) is 4.00. The number of hydrogen-bond acceptors (Lipinski definition) is 5. The maximum absolute atomic E-state index is 14.2. The summed E-state index contributed by atoms with van der Waals surface area (Å²) in [5, 5.41) is 7.54. The van der Waals surface area contributed by atoms with Gasteiger partial charge in [0.1, 0.15) is 18.1 Å². The van der Waals surface area contributed by atoms with Gasteiger partial charge in [0.25, 0.3) is 0 Å². The van der Waals surface area contributed by atoms with Gasteiger partial charge in [-0.3, -0.25) is 4.68 Å². The highest BCUT2D eigenvalue weighted by molar-refractivity contribution is 6.36. The highest BCUT2D eigenvalue weighted by Crippen LogP contribution is 2.37. The van der Waals surface area contributed by atoms with Crippen LogP contribution in [-0.4, -0.2) is 34.0 Å². The fourth-order valence-electron chi connectivity index (χ4n) is 3.65. The van der Waals surface area contributed by atoms with Crippen LogP contribution in [0.15, 0.2) is 36.8 Å². The Morgan fingerprint density at radius 2 is 2.10 bits per heavy atom. The Morgan fingerprint density at radius 3 is 2.87 bits per heavy atom. The van der Waals surface area contributed by atoms with Crippen LogP contribution in [0.2, 0.25) is 10.0 Å². The van der Waals surface area contributed by atoms with E-state index in [2.05, 4.69) is 15.4 Å². The Hall–Kier alpha value is -2.42. The molecule has 1 unspecified atom stereocenters. The standard InChI is InChI=1S/C21H21Cl2F2N5O/c1-11(19-14(22)2-3-15(24)20(19)23)31-18-6-12(7-28-21(18)26)13-8-29-30(10-13)17-4-5-27-9-16(17)25/h2-3,6-8,10-11,16-17,27H,4-5,9H2,1H3,(H2,26,28)/t11-,16+,17?/m1/s1. The summed E-state index contributed by atoms with van der Waals surface area (Å²) in [6.07, 6.45) is 3.99. The monoisotopic (exact) mass is 467 g/mol. The van der Waals surface area contributed by atoms with Gasteiger partial charge >= 0.3 is 0 Å². The van der Waals surface area contributed by atoms with Gasteiger partial charge in [-0.25, -0.2) is 13.8 Å². The van der Waals surface area contributed by atoms with Crippen molar-refractivity contribution in [3.63, 3.8) is 0 Å². The van der Waals surface area contributed by atoms with Gasteiger partial charge in [-0.1, -0.05) is 23.2 Å². The van der Waals surface area contributed by atoms with Gasteiger partial charge in [-0.15, -0.1) is 0 Å². The SMILES string of the molecule is C[C@@H](Oc1cc(-c2cnn(C3CCNC[C@@H]3F)c2)cnc1N)c1c(Cl)ccc(F)c1Cl. The lowest BCUT2D eigenvalue weighted by molar-refractivity contribution is 0.173. The van der Waals surface area contributed by atoms with E-state index in [4.69, 9.17) is 33.7 Å². The second kappa shape index (κ2) is 8.98. The molecule has 2 aromatic heterocycles. The third-order valence-corrected chi connectivity index (χ3v) is 6.03. The first-order valence-corrected chi connectivity index (χ1v) is 10.6. The molecule has 164 valence electrons. The Labute approximate surface area is 188 Å². The summed E-state index contributed by atoms with van der Waals surface area (Å²) in [5.41, 5.74) is 7.75. The number of pyridine rings is 1. The van der Waals surface area contributed by atoms with Gasteiger partial charge in [0.05, 0.1) is 17.3 Å². The molecule has 0 amide bonds. The van der Waals surface area contributed by atoms with Crippen molar-refractivity contribution in [2.45, 2.75) is 31.7 Å². The lowest BCUT2D eigenvalue weighted by atomic mass is 10.1. The quantitative estimate of drug-likeness (QED) is 0.517. The zero-order valence-electron chi connectivity index (χ0n) is 16.7. The Morgan fingerprint density at radius 1 is 1.29 bits per heavy atom. The van der Waals surface area contributed by atoms with Crippen LogP contribution in [0, 0.1) is 5.82 Å². The van der Waals surface area contributed by atoms with E-state index in [0.717, 1.165) is 12.1 Å². The summed E-state index contributed by atoms with van der Waals surface area (Å²) < 4.78 is 35.7. The van der Waals surface area contributed by atoms with Gasteiger partial charge in [-0.2, -0.15) is 5.10 Å². The Bertz CT molecular complexity index is 1090. The number of anilines is 1. The predicted octanol–water partition coefficient (Wildman–Crippen LogP) is 4.99. The van der Waals surface area contributed by atoms with Crippen molar-refractivity contribution in [2.24, 2.45) is 0 Å². The van der Waals surface area contributed by atoms with E-state index >= 15 is 0 Å². The molecule has 3 heterocycles. The number of benzene rings is 1. The van der Waals surface area contributed by atoms with Crippen LogP contribution in [0.5, 0.6) is 5.75 Å². The molecular weight excluding hydrogens is 447 g/mol.